The molecule has 23 heavy (non-hydrogen) atoms. The van der Waals surface area contributed by atoms with Crippen LogP contribution >= 0.6 is 11.6 Å². The van der Waals surface area contributed by atoms with E-state index < -0.39 is 15.8 Å². The maximum Gasteiger partial charge on any atom is 0.276 e. The van der Waals surface area contributed by atoms with E-state index >= 15 is 0 Å². The molecule has 0 amide bonds. The first-order valence-corrected chi connectivity index (χ1v) is 8.81. The number of fused-ring (bicyclic) bond motifs is 1. The van der Waals surface area contributed by atoms with Gasteiger partial charge in [0.1, 0.15) is 10.7 Å². The highest BCUT2D eigenvalue weighted by Gasteiger charge is 2.25. The van der Waals surface area contributed by atoms with Gasteiger partial charge in [0.15, 0.2) is 0 Å². The van der Waals surface area contributed by atoms with Crippen LogP contribution in [0.2, 0.25) is 5.02 Å². The summed E-state index contributed by atoms with van der Waals surface area (Å²) in [7, 11) is -3.64. The van der Waals surface area contributed by atoms with Gasteiger partial charge in [0.05, 0.1) is 0 Å². The Morgan fingerprint density at radius 1 is 1.39 bits per heavy atom. The average Bonchev–Trinajstić information content (AvgIpc) is 2.48. The predicted molar refractivity (Wildman–Crippen MR) is 86.5 cm³/mol. The molecule has 2 aromatic rings. The van der Waals surface area contributed by atoms with E-state index in [-0.39, 0.29) is 11.1 Å². The van der Waals surface area contributed by atoms with Gasteiger partial charge >= 0.3 is 0 Å². The molecule has 2 aromatic heterocycles. The van der Waals surface area contributed by atoms with Crippen molar-refractivity contribution in [1.82, 2.24) is 19.3 Å². The maximum absolute atomic E-state index is 11.5. The van der Waals surface area contributed by atoms with Gasteiger partial charge in [0.2, 0.25) is 5.95 Å². The van der Waals surface area contributed by atoms with Crippen LogP contribution in [0.1, 0.15) is 12.8 Å². The number of rotatable bonds is 3. The highest BCUT2D eigenvalue weighted by atomic mass is 35.5. The van der Waals surface area contributed by atoms with Gasteiger partial charge in [-0.15, -0.1) is 0 Å². The topological polar surface area (TPSA) is 134 Å². The molecular formula is C12H15ClN6O3S. The summed E-state index contributed by atoms with van der Waals surface area (Å²) in [4.78, 5) is 22.5. The number of aromatic nitrogens is 3. The number of pyridine rings is 1. The second-order valence-corrected chi connectivity index (χ2v) is 7.26. The fourth-order valence-corrected chi connectivity index (χ4v) is 3.36. The molecular weight excluding hydrogens is 344 g/mol. The average molecular weight is 359 g/mol. The van der Waals surface area contributed by atoms with Crippen LogP contribution in [0, 0.1) is 0 Å². The second-order valence-electron chi connectivity index (χ2n) is 5.31. The fourth-order valence-electron chi connectivity index (χ4n) is 2.47. The molecule has 4 N–H and O–H groups in total. The lowest BCUT2D eigenvalue weighted by Crippen LogP contribution is -2.45. The third-order valence-corrected chi connectivity index (χ3v) is 5.06. The summed E-state index contributed by atoms with van der Waals surface area (Å²) in [5.41, 5.74) is -0.0239. The highest BCUT2D eigenvalue weighted by Crippen LogP contribution is 2.17. The van der Waals surface area contributed by atoms with Crippen LogP contribution in [0.3, 0.4) is 0 Å². The first-order chi connectivity index (χ1) is 10.8. The molecule has 124 valence electrons. The van der Waals surface area contributed by atoms with Crippen molar-refractivity contribution in [3.63, 3.8) is 0 Å². The van der Waals surface area contributed by atoms with Gasteiger partial charge < -0.3 is 10.3 Å². The summed E-state index contributed by atoms with van der Waals surface area (Å²) in [6.45, 7) is 0.688. The Morgan fingerprint density at radius 2 is 2.09 bits per heavy atom. The summed E-state index contributed by atoms with van der Waals surface area (Å²) in [5, 5.41) is 8.95. The first-order valence-electron chi connectivity index (χ1n) is 6.93. The summed E-state index contributed by atoms with van der Waals surface area (Å²) >= 11 is 5.75. The smallest absolute Gasteiger partial charge is 0.276 e. The molecule has 3 heterocycles. The van der Waals surface area contributed by atoms with Gasteiger partial charge in [-0.1, -0.05) is 11.6 Å². The zero-order valence-corrected chi connectivity index (χ0v) is 13.6. The molecule has 0 aliphatic carbocycles. The van der Waals surface area contributed by atoms with E-state index in [4.69, 9.17) is 16.7 Å². The summed E-state index contributed by atoms with van der Waals surface area (Å²) < 4.78 is 23.8. The van der Waals surface area contributed by atoms with Crippen molar-refractivity contribution < 1.29 is 8.42 Å². The number of anilines is 1. The highest BCUT2D eigenvalue weighted by molar-refractivity contribution is 7.86. The number of hydrogen-bond acceptors (Lipinski definition) is 6. The third kappa shape index (κ3) is 3.61. The number of aromatic amines is 1. The predicted octanol–water partition coefficient (Wildman–Crippen LogP) is 0.0513. The number of nitrogens with two attached hydrogens (primary N) is 1. The fraction of sp³-hybridized carbons (Fsp3) is 0.417. The zero-order chi connectivity index (χ0) is 16.6. The van der Waals surface area contributed by atoms with Gasteiger partial charge in [-0.25, -0.2) is 10.1 Å². The van der Waals surface area contributed by atoms with Crippen molar-refractivity contribution in [3.05, 3.63) is 27.6 Å². The summed E-state index contributed by atoms with van der Waals surface area (Å²) in [5.74, 6) is 0.365. The maximum atomic E-state index is 11.5. The molecule has 0 radical (unpaired) electrons. The van der Waals surface area contributed by atoms with Crippen LogP contribution in [0.15, 0.2) is 17.1 Å². The lowest BCUT2D eigenvalue weighted by Gasteiger charge is -2.30. The quantitative estimate of drug-likeness (QED) is 0.709. The number of piperidine rings is 1. The number of hydrogen-bond donors (Lipinski definition) is 3. The van der Waals surface area contributed by atoms with Crippen molar-refractivity contribution in [2.45, 2.75) is 18.9 Å². The zero-order valence-electron chi connectivity index (χ0n) is 12.0. The normalized spacial score (nSPS) is 17.5. The van der Waals surface area contributed by atoms with E-state index in [2.05, 4.69) is 20.3 Å². The summed E-state index contributed by atoms with van der Waals surface area (Å²) in [6, 6.07) is 1.54. The Bertz CT molecular complexity index is 891. The molecule has 1 aliphatic heterocycles. The van der Waals surface area contributed by atoms with E-state index in [1.54, 1.807) is 6.20 Å². The third-order valence-electron chi connectivity index (χ3n) is 3.70. The minimum absolute atomic E-state index is 0.0319. The lowest BCUT2D eigenvalue weighted by molar-refractivity contribution is 0.329. The molecule has 0 unspecified atom stereocenters. The molecule has 1 saturated heterocycles. The van der Waals surface area contributed by atoms with Crippen LogP contribution in [-0.4, -0.2) is 46.8 Å². The van der Waals surface area contributed by atoms with Gasteiger partial charge in [-0.2, -0.15) is 17.7 Å². The number of halogens is 1. The van der Waals surface area contributed by atoms with Crippen molar-refractivity contribution in [3.8, 4) is 0 Å². The Hall–Kier alpha value is -1.75. The monoisotopic (exact) mass is 358 g/mol. The van der Waals surface area contributed by atoms with Gasteiger partial charge in [0, 0.05) is 30.7 Å². The standard InChI is InChI=1S/C12H15ClN6O3S/c13-9-5-7-6-15-12(18-10(7)17-11(9)20)16-8-1-3-19(4-2-8)23(14,21)22/h5-6,8H,1-4H2,(H2,14,21,22)(H2,15,16,17,18,20). The van der Waals surface area contributed by atoms with Crippen molar-refractivity contribution in [2.75, 3.05) is 18.4 Å². The minimum atomic E-state index is -3.64. The molecule has 3 rings (SSSR count). The first kappa shape index (κ1) is 16.1. The van der Waals surface area contributed by atoms with Crippen molar-refractivity contribution >= 4 is 38.8 Å². The van der Waals surface area contributed by atoms with E-state index in [9.17, 15) is 13.2 Å². The second kappa shape index (κ2) is 6.04. The number of nitrogens with zero attached hydrogens (tertiary/aromatic N) is 3. The summed E-state index contributed by atoms with van der Waals surface area (Å²) in [6.07, 6.45) is 2.75. The lowest BCUT2D eigenvalue weighted by atomic mass is 10.1. The van der Waals surface area contributed by atoms with Crippen LogP contribution in [-0.2, 0) is 10.2 Å². The molecule has 0 spiro atoms. The SMILES string of the molecule is NS(=O)(=O)N1CCC(Nc2ncc3cc(Cl)c(=O)[nH]c3n2)CC1. The van der Waals surface area contributed by atoms with E-state index in [1.165, 1.54) is 10.4 Å². The van der Waals surface area contributed by atoms with Crippen LogP contribution in [0.25, 0.3) is 11.0 Å². The molecule has 0 atom stereocenters. The van der Waals surface area contributed by atoms with E-state index in [1.807, 2.05) is 0 Å². The van der Waals surface area contributed by atoms with Gasteiger partial charge in [-0.05, 0) is 18.9 Å². The Balaban J connectivity index is 1.73. The molecule has 0 bridgehead atoms. The van der Waals surface area contributed by atoms with Gasteiger partial charge in [0.25, 0.3) is 15.8 Å². The Morgan fingerprint density at radius 3 is 2.74 bits per heavy atom. The van der Waals surface area contributed by atoms with E-state index in [0.29, 0.717) is 42.9 Å². The molecule has 1 aliphatic rings. The Kier molecular flexibility index (Phi) is 4.23. The molecule has 1 fully saturated rings. The van der Waals surface area contributed by atoms with E-state index in [0.717, 1.165) is 0 Å². The van der Waals surface area contributed by atoms with Crippen LogP contribution < -0.4 is 16.0 Å². The molecule has 0 saturated carbocycles. The number of nitrogens with one attached hydrogen (secondary N) is 2. The van der Waals surface area contributed by atoms with Crippen molar-refractivity contribution in [2.24, 2.45) is 5.14 Å². The van der Waals surface area contributed by atoms with Crippen LogP contribution in [0.5, 0.6) is 0 Å². The molecule has 9 nitrogen and oxygen atoms in total. The van der Waals surface area contributed by atoms with Crippen LogP contribution in [0.4, 0.5) is 5.95 Å². The van der Waals surface area contributed by atoms with Crippen molar-refractivity contribution in [1.29, 1.82) is 0 Å². The van der Waals surface area contributed by atoms with Gasteiger partial charge in [-0.3, -0.25) is 4.79 Å². The Labute approximate surface area is 137 Å². The largest absolute Gasteiger partial charge is 0.351 e. The minimum Gasteiger partial charge on any atom is -0.351 e. The number of H-pyrrole nitrogens is 1. The molecule has 11 heteroatoms. The molecule has 0 aromatic carbocycles.